The summed E-state index contributed by atoms with van der Waals surface area (Å²) >= 11 is 6.37. The molecule has 4 heteroatoms. The second kappa shape index (κ2) is 4.79. The molecule has 0 radical (unpaired) electrons. The third kappa shape index (κ3) is 2.29. The van der Waals surface area contributed by atoms with Gasteiger partial charge in [0, 0.05) is 5.56 Å². The molecule has 0 bridgehead atoms. The van der Waals surface area contributed by atoms with Gasteiger partial charge in [0.1, 0.15) is 5.75 Å². The van der Waals surface area contributed by atoms with Gasteiger partial charge in [-0.05, 0) is 22.9 Å². The van der Waals surface area contributed by atoms with Crippen LogP contribution in [0.4, 0.5) is 0 Å². The summed E-state index contributed by atoms with van der Waals surface area (Å²) in [6, 6.07) is 11.3. The lowest BCUT2D eigenvalue weighted by Gasteiger charge is -2.05. The third-order valence-corrected chi connectivity index (χ3v) is 4.36. The van der Waals surface area contributed by atoms with E-state index in [0.717, 1.165) is 10.8 Å². The molecule has 0 spiro atoms. The van der Waals surface area contributed by atoms with Crippen molar-refractivity contribution in [2.75, 3.05) is 0 Å². The molecule has 19 heavy (non-hydrogen) atoms. The van der Waals surface area contributed by atoms with Crippen molar-refractivity contribution in [3.63, 3.8) is 0 Å². The molecule has 1 heterocycles. The van der Waals surface area contributed by atoms with Crippen molar-refractivity contribution < 1.29 is 9.90 Å². The molecule has 0 unspecified atom stereocenters. The molecule has 2 nitrogen and oxygen atoms in total. The topological polar surface area (TPSA) is 37.3 Å². The van der Waals surface area contributed by atoms with E-state index in [4.69, 9.17) is 12.2 Å². The molecule has 1 aliphatic rings. The number of carbonyl (C=O) groups excluding carboxylic acids is 1. The quantitative estimate of drug-likeness (QED) is 0.637. The summed E-state index contributed by atoms with van der Waals surface area (Å²) in [6.07, 6.45) is 2.06. The highest BCUT2D eigenvalue weighted by atomic mass is 32.2. The van der Waals surface area contributed by atoms with Gasteiger partial charge in [0.05, 0.1) is 15.5 Å². The van der Waals surface area contributed by atoms with E-state index >= 15 is 0 Å². The first kappa shape index (κ1) is 12.4. The smallest absolute Gasteiger partial charge is 0.175 e. The summed E-state index contributed by atoms with van der Waals surface area (Å²) in [5.74, 6) is 0.208. The molecule has 0 aliphatic carbocycles. The summed E-state index contributed by atoms with van der Waals surface area (Å²) in [5, 5.41) is 12.0. The van der Waals surface area contributed by atoms with Crippen LogP contribution in [-0.2, 0) is 4.79 Å². The number of benzene rings is 2. The number of rotatable bonds is 1. The number of hydrogen-bond donors (Lipinski definition) is 1. The van der Waals surface area contributed by atoms with E-state index in [1.807, 2.05) is 30.3 Å². The maximum absolute atomic E-state index is 11.8. The molecule has 1 saturated heterocycles. The first-order valence-corrected chi connectivity index (χ1v) is 7.04. The van der Waals surface area contributed by atoms with Gasteiger partial charge in [-0.2, -0.15) is 0 Å². The Balaban J connectivity index is 2.20. The average Bonchev–Trinajstić information content (AvgIpc) is 2.71. The number of aromatic hydroxyl groups is 1. The molecule has 0 aromatic heterocycles. The highest BCUT2D eigenvalue weighted by Crippen LogP contribution is 2.36. The number of fused-ring (bicyclic) bond motifs is 1. The first-order valence-electron chi connectivity index (χ1n) is 5.81. The number of Topliss-reactive ketones (excluding diaryl/α,β-unsaturated/α-hetero) is 1. The minimum Gasteiger partial charge on any atom is -0.507 e. The highest BCUT2D eigenvalue weighted by Gasteiger charge is 2.23. The van der Waals surface area contributed by atoms with Crippen LogP contribution in [0, 0.1) is 0 Å². The van der Waals surface area contributed by atoms with Crippen LogP contribution in [0.3, 0.4) is 0 Å². The van der Waals surface area contributed by atoms with Crippen molar-refractivity contribution in [2.24, 2.45) is 0 Å². The van der Waals surface area contributed by atoms with E-state index in [1.165, 1.54) is 11.8 Å². The number of thiocarbonyl (C=S) groups is 1. The molecular formula is C15H10O2S2. The normalized spacial score (nSPS) is 17.6. The number of phenolic OH excluding ortho intramolecular Hbond substituents is 1. The lowest BCUT2D eigenvalue weighted by Crippen LogP contribution is -1.91. The molecule has 1 aliphatic heterocycles. The van der Waals surface area contributed by atoms with E-state index in [-0.39, 0.29) is 11.5 Å². The van der Waals surface area contributed by atoms with Gasteiger partial charge in [-0.15, -0.1) is 0 Å². The predicted octanol–water partition coefficient (Wildman–Crippen LogP) is 3.92. The molecule has 2 aromatic carbocycles. The molecule has 0 saturated carbocycles. The summed E-state index contributed by atoms with van der Waals surface area (Å²) in [4.78, 5) is 12.4. The Hall–Kier alpha value is -1.65. The number of allylic oxidation sites excluding steroid dienone is 1. The number of hydrogen-bond acceptors (Lipinski definition) is 4. The van der Waals surface area contributed by atoms with Crippen LogP contribution in [-0.4, -0.2) is 15.1 Å². The number of ketones is 1. The van der Waals surface area contributed by atoms with Crippen LogP contribution < -0.4 is 0 Å². The number of carbonyl (C=O) groups is 1. The third-order valence-electron chi connectivity index (χ3n) is 3.03. The minimum atomic E-state index is 0.0299. The Morgan fingerprint density at radius 2 is 2.00 bits per heavy atom. The van der Waals surface area contributed by atoms with Gasteiger partial charge in [-0.25, -0.2) is 0 Å². The zero-order valence-corrected chi connectivity index (χ0v) is 11.6. The van der Waals surface area contributed by atoms with E-state index in [9.17, 15) is 9.90 Å². The summed E-state index contributed by atoms with van der Waals surface area (Å²) < 4.78 is 0.691. The SMILES string of the molecule is O=C1CC(=S)S/C1=C\c1c(O)ccc2ccccc12. The Kier molecular flexibility index (Phi) is 3.12. The summed E-state index contributed by atoms with van der Waals surface area (Å²) in [5.41, 5.74) is 0.679. The van der Waals surface area contributed by atoms with Gasteiger partial charge < -0.3 is 5.11 Å². The van der Waals surface area contributed by atoms with Crippen molar-refractivity contribution in [1.82, 2.24) is 0 Å². The van der Waals surface area contributed by atoms with Gasteiger partial charge in [-0.3, -0.25) is 4.79 Å². The monoisotopic (exact) mass is 286 g/mol. The zero-order chi connectivity index (χ0) is 13.4. The van der Waals surface area contributed by atoms with Crippen molar-refractivity contribution in [2.45, 2.75) is 6.42 Å². The molecule has 94 valence electrons. The van der Waals surface area contributed by atoms with Gasteiger partial charge in [0.2, 0.25) is 0 Å². The van der Waals surface area contributed by atoms with Gasteiger partial charge >= 0.3 is 0 Å². The number of phenols is 1. The lowest BCUT2D eigenvalue weighted by molar-refractivity contribution is -0.113. The van der Waals surface area contributed by atoms with E-state index in [2.05, 4.69) is 0 Å². The van der Waals surface area contributed by atoms with Gasteiger partial charge in [-0.1, -0.05) is 54.3 Å². The summed E-state index contributed by atoms with van der Waals surface area (Å²) in [6.45, 7) is 0. The average molecular weight is 286 g/mol. The second-order valence-corrected chi connectivity index (χ2v) is 6.19. The minimum absolute atomic E-state index is 0.0299. The molecule has 1 N–H and O–H groups in total. The molecular weight excluding hydrogens is 276 g/mol. The molecule has 0 atom stereocenters. The van der Waals surface area contributed by atoms with E-state index in [0.29, 0.717) is 21.1 Å². The zero-order valence-electron chi connectivity index (χ0n) is 9.92. The Morgan fingerprint density at radius 1 is 1.21 bits per heavy atom. The van der Waals surface area contributed by atoms with Crippen molar-refractivity contribution >= 4 is 50.8 Å². The van der Waals surface area contributed by atoms with Crippen LogP contribution in [0.1, 0.15) is 12.0 Å². The maximum Gasteiger partial charge on any atom is 0.175 e. The summed E-state index contributed by atoms with van der Waals surface area (Å²) in [7, 11) is 0. The van der Waals surface area contributed by atoms with Crippen LogP contribution in [0.5, 0.6) is 5.75 Å². The Labute approximate surface area is 120 Å². The fourth-order valence-electron chi connectivity index (χ4n) is 2.11. The van der Waals surface area contributed by atoms with Crippen molar-refractivity contribution in [1.29, 1.82) is 0 Å². The van der Waals surface area contributed by atoms with Crippen molar-refractivity contribution in [3.05, 3.63) is 46.9 Å². The molecule has 1 fully saturated rings. The molecule has 3 rings (SSSR count). The molecule has 0 amide bonds. The predicted molar refractivity (Wildman–Crippen MR) is 83.4 cm³/mol. The van der Waals surface area contributed by atoms with E-state index < -0.39 is 0 Å². The Morgan fingerprint density at radius 3 is 2.74 bits per heavy atom. The van der Waals surface area contributed by atoms with Gasteiger partial charge in [0.25, 0.3) is 0 Å². The van der Waals surface area contributed by atoms with Crippen LogP contribution in [0.25, 0.3) is 16.8 Å². The molecule has 2 aromatic rings. The maximum atomic E-state index is 11.8. The fourth-order valence-corrected chi connectivity index (χ4v) is 3.32. The lowest BCUT2D eigenvalue weighted by atomic mass is 10.0. The van der Waals surface area contributed by atoms with Crippen LogP contribution >= 0.6 is 24.0 Å². The largest absolute Gasteiger partial charge is 0.507 e. The number of thioether (sulfide) groups is 1. The van der Waals surface area contributed by atoms with Gasteiger partial charge in [0.15, 0.2) is 5.78 Å². The Bertz CT molecular complexity index is 732. The first-order chi connectivity index (χ1) is 9.15. The highest BCUT2D eigenvalue weighted by molar-refractivity contribution is 8.27. The van der Waals surface area contributed by atoms with E-state index in [1.54, 1.807) is 12.1 Å². The standard InChI is InChI=1S/C15H10O2S2/c16-12-6-5-9-3-1-2-4-10(9)11(12)7-14-13(17)8-15(18)19-14/h1-7,16H,8H2/b14-7-. The van der Waals surface area contributed by atoms with Crippen molar-refractivity contribution in [3.8, 4) is 5.75 Å². The van der Waals surface area contributed by atoms with Crippen LogP contribution in [0.15, 0.2) is 41.3 Å². The van der Waals surface area contributed by atoms with Crippen LogP contribution in [0.2, 0.25) is 0 Å². The fraction of sp³-hybridized carbons (Fsp3) is 0.0667. The second-order valence-electron chi connectivity index (χ2n) is 4.30.